The summed E-state index contributed by atoms with van der Waals surface area (Å²) in [4.78, 5) is 0. The van der Waals surface area contributed by atoms with E-state index >= 15 is 0 Å². The Morgan fingerprint density at radius 3 is 2.15 bits per heavy atom. The van der Waals surface area contributed by atoms with Crippen molar-refractivity contribution in [1.29, 1.82) is 0 Å². The van der Waals surface area contributed by atoms with Crippen LogP contribution in [0.2, 0.25) is 0 Å². The highest BCUT2D eigenvalue weighted by molar-refractivity contribution is 7.81. The summed E-state index contributed by atoms with van der Waals surface area (Å²) in [5, 5.41) is 22.9. The monoisotopic (exact) mass is 596 g/mol. The van der Waals surface area contributed by atoms with Gasteiger partial charge in [0.05, 0.1) is 18.8 Å². The molecule has 0 saturated heterocycles. The van der Waals surface area contributed by atoms with E-state index in [0.29, 0.717) is 31.1 Å². The molecule has 4 rings (SSSR count). The molecule has 10 nitrogen and oxygen atoms in total. The molecular formula is C27H48O10S2. The van der Waals surface area contributed by atoms with E-state index < -0.39 is 44.5 Å². The van der Waals surface area contributed by atoms with Gasteiger partial charge in [0.15, 0.2) is 0 Å². The Kier molecular flexibility index (Phi) is 9.23. The lowest BCUT2D eigenvalue weighted by molar-refractivity contribution is -0.205. The number of rotatable bonds is 10. The highest BCUT2D eigenvalue weighted by Crippen LogP contribution is 2.68. The van der Waals surface area contributed by atoms with Gasteiger partial charge in [0, 0.05) is 0 Å². The van der Waals surface area contributed by atoms with Crippen molar-refractivity contribution in [3.8, 4) is 0 Å². The Balaban J connectivity index is 1.55. The number of aliphatic hydroxyl groups excluding tert-OH is 2. The van der Waals surface area contributed by atoms with Crippen molar-refractivity contribution < 1.29 is 44.5 Å². The van der Waals surface area contributed by atoms with Crippen molar-refractivity contribution in [2.45, 2.75) is 110 Å². The molecule has 0 bridgehead atoms. The Labute approximate surface area is 234 Å². The van der Waals surface area contributed by atoms with Crippen LogP contribution in [-0.4, -0.2) is 61.1 Å². The van der Waals surface area contributed by atoms with Crippen molar-refractivity contribution >= 4 is 20.8 Å². The van der Waals surface area contributed by atoms with Crippen LogP contribution in [0.5, 0.6) is 0 Å². The lowest BCUT2D eigenvalue weighted by Gasteiger charge is -2.63. The van der Waals surface area contributed by atoms with Crippen LogP contribution in [-0.2, 0) is 29.2 Å². The van der Waals surface area contributed by atoms with Crippen LogP contribution in [0.1, 0.15) is 91.9 Å². The predicted molar refractivity (Wildman–Crippen MR) is 144 cm³/mol. The smallest absolute Gasteiger partial charge is 0.393 e. The SMILES string of the molecule is CC(C)CCC[C@@H](COS(=O)(=O)O)[C@H]1CC[C@H]2[C@@H]3CC[C@@H]4[C@H](O)[C@H](OS(=O)(=O)O)CC[C@]4(C)[C@@H]3[C@@H](O)C[C@]12C. The van der Waals surface area contributed by atoms with Gasteiger partial charge >= 0.3 is 20.8 Å². The van der Waals surface area contributed by atoms with Crippen molar-refractivity contribution in [3.63, 3.8) is 0 Å². The van der Waals surface area contributed by atoms with Crippen molar-refractivity contribution in [2.75, 3.05) is 6.61 Å². The van der Waals surface area contributed by atoms with E-state index in [1.165, 1.54) is 0 Å². The summed E-state index contributed by atoms with van der Waals surface area (Å²) in [6, 6.07) is 0. The first-order valence-electron chi connectivity index (χ1n) is 14.6. The average Bonchev–Trinajstić information content (AvgIpc) is 3.12. The van der Waals surface area contributed by atoms with Crippen LogP contribution in [0.4, 0.5) is 0 Å². The van der Waals surface area contributed by atoms with Crippen LogP contribution in [0.25, 0.3) is 0 Å². The maximum absolute atomic E-state index is 11.8. The third-order valence-electron chi connectivity index (χ3n) is 11.3. The molecule has 0 aromatic heterocycles. The first-order chi connectivity index (χ1) is 18.0. The fourth-order valence-corrected chi connectivity index (χ4v) is 10.7. The molecule has 12 heteroatoms. The van der Waals surface area contributed by atoms with Gasteiger partial charge in [-0.3, -0.25) is 9.11 Å². The summed E-state index contributed by atoms with van der Waals surface area (Å²) in [5.74, 6) is 0.894. The molecule has 0 unspecified atom stereocenters. The van der Waals surface area contributed by atoms with E-state index in [2.05, 4.69) is 27.7 Å². The predicted octanol–water partition coefficient (Wildman–Crippen LogP) is 4.04. The molecule has 4 aliphatic rings. The highest BCUT2D eigenvalue weighted by atomic mass is 32.3. The van der Waals surface area contributed by atoms with E-state index in [1.54, 1.807) is 0 Å². The number of aliphatic hydroxyl groups is 2. The van der Waals surface area contributed by atoms with Crippen LogP contribution in [0, 0.1) is 52.3 Å². The Bertz CT molecular complexity index is 1080. The van der Waals surface area contributed by atoms with Gasteiger partial charge < -0.3 is 10.2 Å². The molecular weight excluding hydrogens is 548 g/mol. The zero-order chi connectivity index (χ0) is 29.0. The van der Waals surface area contributed by atoms with Gasteiger partial charge in [-0.05, 0) is 104 Å². The Hall–Kier alpha value is -0.340. The Morgan fingerprint density at radius 2 is 1.54 bits per heavy atom. The minimum absolute atomic E-state index is 0.0498. The van der Waals surface area contributed by atoms with E-state index in [4.69, 9.17) is 8.37 Å². The standard InChI is InChI=1S/C27H48O10S2/c1-16(2)6-5-7-17(15-36-38(30,31)32)19-10-11-20-18-8-9-21-25(29)23(37-39(33,34)35)12-13-26(21,3)24(18)22(28)14-27(19,20)4/h16-25,28-29H,5-15H2,1-4H3,(H,30,31,32)(H,33,34,35)/t17-,18-,19+,20-,21+,22-,23+,24-,25-,26-,27+/m0/s1. The topological polar surface area (TPSA) is 168 Å². The number of fused-ring (bicyclic) bond motifs is 5. The van der Waals surface area contributed by atoms with Gasteiger partial charge in [0.1, 0.15) is 6.10 Å². The van der Waals surface area contributed by atoms with Gasteiger partial charge in [-0.1, -0.05) is 40.5 Å². The van der Waals surface area contributed by atoms with Gasteiger partial charge in [-0.25, -0.2) is 8.37 Å². The van der Waals surface area contributed by atoms with Crippen LogP contribution >= 0.6 is 0 Å². The van der Waals surface area contributed by atoms with E-state index in [-0.39, 0.29) is 48.0 Å². The number of hydrogen-bond acceptors (Lipinski definition) is 8. The van der Waals surface area contributed by atoms with Gasteiger partial charge in [-0.15, -0.1) is 0 Å². The molecule has 0 aliphatic heterocycles. The fourth-order valence-electron chi connectivity index (χ4n) is 9.86. The van der Waals surface area contributed by atoms with Gasteiger partial charge in [-0.2, -0.15) is 16.8 Å². The van der Waals surface area contributed by atoms with Gasteiger partial charge in [0.2, 0.25) is 0 Å². The summed E-state index contributed by atoms with van der Waals surface area (Å²) in [6.07, 6.45) is 4.88. The van der Waals surface area contributed by atoms with Crippen molar-refractivity contribution in [3.05, 3.63) is 0 Å². The summed E-state index contributed by atoms with van der Waals surface area (Å²) in [5.41, 5.74) is -0.607. The molecule has 0 amide bonds. The first kappa shape index (κ1) is 31.6. The first-order valence-corrected chi connectivity index (χ1v) is 17.3. The quantitative estimate of drug-likeness (QED) is 0.270. The molecule has 0 aromatic carbocycles. The molecule has 4 saturated carbocycles. The van der Waals surface area contributed by atoms with Crippen LogP contribution in [0.15, 0.2) is 0 Å². The maximum Gasteiger partial charge on any atom is 0.397 e. The normalized spacial score (nSPS) is 43.5. The average molecular weight is 597 g/mol. The molecule has 0 heterocycles. The van der Waals surface area contributed by atoms with E-state index in [9.17, 15) is 36.2 Å². The van der Waals surface area contributed by atoms with Crippen molar-refractivity contribution in [1.82, 2.24) is 0 Å². The minimum Gasteiger partial charge on any atom is -0.393 e. The summed E-state index contributed by atoms with van der Waals surface area (Å²) >= 11 is 0. The lowest BCUT2D eigenvalue weighted by atomic mass is 9.43. The maximum atomic E-state index is 11.8. The molecule has 0 radical (unpaired) electrons. The summed E-state index contributed by atoms with van der Waals surface area (Å²) in [7, 11) is -9.23. The summed E-state index contributed by atoms with van der Waals surface area (Å²) in [6.45, 7) is 8.59. The molecule has 4 N–H and O–H groups in total. The lowest BCUT2D eigenvalue weighted by Crippen LogP contribution is -2.62. The molecule has 39 heavy (non-hydrogen) atoms. The number of hydrogen-bond donors (Lipinski definition) is 4. The minimum atomic E-state index is -4.68. The largest absolute Gasteiger partial charge is 0.397 e. The molecule has 228 valence electrons. The summed E-state index contributed by atoms with van der Waals surface area (Å²) < 4.78 is 73.8. The highest BCUT2D eigenvalue weighted by Gasteiger charge is 2.65. The third kappa shape index (κ3) is 6.53. The second-order valence-corrected chi connectivity index (χ2v) is 16.0. The third-order valence-corrected chi connectivity index (χ3v) is 12.2. The fraction of sp³-hybridized carbons (Fsp3) is 1.00. The van der Waals surface area contributed by atoms with Crippen LogP contribution < -0.4 is 0 Å². The molecule has 4 fully saturated rings. The second-order valence-electron chi connectivity index (χ2n) is 13.8. The molecule has 0 spiro atoms. The molecule has 0 aromatic rings. The zero-order valence-electron chi connectivity index (χ0n) is 23.6. The van der Waals surface area contributed by atoms with Crippen LogP contribution in [0.3, 0.4) is 0 Å². The van der Waals surface area contributed by atoms with E-state index in [0.717, 1.165) is 38.5 Å². The molecule has 4 aliphatic carbocycles. The van der Waals surface area contributed by atoms with Gasteiger partial charge in [0.25, 0.3) is 0 Å². The zero-order valence-corrected chi connectivity index (χ0v) is 25.2. The van der Waals surface area contributed by atoms with Crippen molar-refractivity contribution in [2.24, 2.45) is 52.3 Å². The van der Waals surface area contributed by atoms with E-state index in [1.807, 2.05) is 0 Å². The Morgan fingerprint density at radius 1 is 0.872 bits per heavy atom. The second kappa shape index (κ2) is 11.4. The molecule has 11 atom stereocenters.